The third-order valence-corrected chi connectivity index (χ3v) is 6.01. The Morgan fingerprint density at radius 2 is 2.14 bits per heavy atom. The van der Waals surface area contributed by atoms with Gasteiger partial charge in [-0.2, -0.15) is 0 Å². The zero-order valence-corrected chi connectivity index (χ0v) is 15.7. The highest BCUT2D eigenvalue weighted by Gasteiger charge is 2.57. The Labute approximate surface area is 163 Å². The van der Waals surface area contributed by atoms with E-state index in [9.17, 15) is 4.79 Å². The van der Waals surface area contributed by atoms with Crippen molar-refractivity contribution < 1.29 is 9.53 Å². The molecule has 1 aliphatic carbocycles. The molecule has 3 heterocycles. The van der Waals surface area contributed by atoms with Crippen LogP contribution < -0.4 is 15.4 Å². The number of fused-ring (bicyclic) bond motifs is 1. The zero-order chi connectivity index (χ0) is 19.0. The summed E-state index contributed by atoms with van der Waals surface area (Å²) in [6, 6.07) is 13.5. The standard InChI is InChI=1S/C22H24N4O2/c27-21(19-13-22(19)7-9-23-10-8-22)25-16-4-3-5-18(12-16)28-15-17-14-26-11-2-1-6-20(26)24-17/h1-6,11-12,14,19,23H,7-10,13,15H2,(H,25,27). The lowest BCUT2D eigenvalue weighted by Crippen LogP contribution is -2.31. The van der Waals surface area contributed by atoms with Gasteiger partial charge in [0.15, 0.2) is 0 Å². The molecule has 0 bridgehead atoms. The SMILES string of the molecule is O=C(Nc1cccc(OCc2cn3ccccc3n2)c1)C1CC12CCNCC2. The molecule has 2 fully saturated rings. The summed E-state index contributed by atoms with van der Waals surface area (Å²) >= 11 is 0. The lowest BCUT2D eigenvalue weighted by molar-refractivity contribution is -0.118. The highest BCUT2D eigenvalue weighted by Crippen LogP contribution is 2.58. The van der Waals surface area contributed by atoms with E-state index in [1.54, 1.807) is 0 Å². The largest absolute Gasteiger partial charge is 0.487 e. The molecule has 1 amide bonds. The molecule has 6 heteroatoms. The molecule has 1 spiro atoms. The van der Waals surface area contributed by atoms with Crippen LogP contribution in [0.15, 0.2) is 54.9 Å². The molecule has 1 atom stereocenters. The number of imidazole rings is 1. The summed E-state index contributed by atoms with van der Waals surface area (Å²) in [6.45, 7) is 2.43. The smallest absolute Gasteiger partial charge is 0.228 e. The molecule has 6 nitrogen and oxygen atoms in total. The van der Waals surface area contributed by atoms with Crippen LogP contribution in [0.1, 0.15) is 25.0 Å². The molecule has 28 heavy (non-hydrogen) atoms. The molecule has 2 N–H and O–H groups in total. The minimum absolute atomic E-state index is 0.138. The van der Waals surface area contributed by atoms with Gasteiger partial charge < -0.3 is 19.8 Å². The quantitative estimate of drug-likeness (QED) is 0.717. The number of anilines is 1. The maximum absolute atomic E-state index is 12.7. The minimum atomic E-state index is 0.138. The van der Waals surface area contributed by atoms with E-state index in [-0.39, 0.29) is 17.2 Å². The summed E-state index contributed by atoms with van der Waals surface area (Å²) in [6.07, 6.45) is 7.16. The van der Waals surface area contributed by atoms with Crippen molar-refractivity contribution in [1.82, 2.24) is 14.7 Å². The van der Waals surface area contributed by atoms with Crippen LogP contribution in [0.5, 0.6) is 5.75 Å². The van der Waals surface area contributed by atoms with E-state index in [4.69, 9.17) is 4.74 Å². The molecule has 3 aromatic rings. The van der Waals surface area contributed by atoms with Crippen molar-refractivity contribution in [1.29, 1.82) is 0 Å². The Morgan fingerprint density at radius 1 is 1.25 bits per heavy atom. The number of nitrogens with one attached hydrogen (secondary N) is 2. The number of ether oxygens (including phenoxy) is 1. The first-order valence-electron chi connectivity index (χ1n) is 9.89. The van der Waals surface area contributed by atoms with Gasteiger partial charge in [0, 0.05) is 30.1 Å². The van der Waals surface area contributed by atoms with Gasteiger partial charge in [-0.3, -0.25) is 4.79 Å². The van der Waals surface area contributed by atoms with Crippen LogP contribution in [0.2, 0.25) is 0 Å². The topological polar surface area (TPSA) is 67.7 Å². The number of piperidine rings is 1. The summed E-state index contributed by atoms with van der Waals surface area (Å²) in [5, 5.41) is 6.45. The Balaban J connectivity index is 1.21. The monoisotopic (exact) mass is 376 g/mol. The number of nitrogens with zero attached hydrogens (tertiary/aromatic N) is 2. The summed E-state index contributed by atoms with van der Waals surface area (Å²) in [5.41, 5.74) is 2.80. The molecule has 144 valence electrons. The van der Waals surface area contributed by atoms with Gasteiger partial charge in [-0.1, -0.05) is 12.1 Å². The Kier molecular flexibility index (Phi) is 4.28. The van der Waals surface area contributed by atoms with Crippen molar-refractivity contribution in [3.8, 4) is 5.75 Å². The lowest BCUT2D eigenvalue weighted by atomic mass is 9.92. The maximum atomic E-state index is 12.7. The number of carbonyl (C=O) groups excluding carboxylic acids is 1. The molecule has 1 aromatic carbocycles. The first kappa shape index (κ1) is 17.3. The van der Waals surface area contributed by atoms with Gasteiger partial charge in [0.2, 0.25) is 5.91 Å². The maximum Gasteiger partial charge on any atom is 0.228 e. The number of rotatable bonds is 5. The van der Waals surface area contributed by atoms with Crippen molar-refractivity contribution in [2.24, 2.45) is 11.3 Å². The number of benzene rings is 1. The number of carbonyl (C=O) groups is 1. The third-order valence-electron chi connectivity index (χ3n) is 6.01. The van der Waals surface area contributed by atoms with Gasteiger partial charge in [0.25, 0.3) is 0 Å². The second-order valence-corrected chi connectivity index (χ2v) is 7.87. The first-order valence-corrected chi connectivity index (χ1v) is 9.89. The minimum Gasteiger partial charge on any atom is -0.487 e. The van der Waals surface area contributed by atoms with E-state index in [0.717, 1.165) is 55.1 Å². The van der Waals surface area contributed by atoms with E-state index in [1.807, 2.05) is 59.3 Å². The molecule has 5 rings (SSSR count). The number of hydrogen-bond acceptors (Lipinski definition) is 4. The van der Waals surface area contributed by atoms with E-state index in [0.29, 0.717) is 6.61 Å². The molecule has 1 saturated heterocycles. The van der Waals surface area contributed by atoms with Crippen LogP contribution in [0.4, 0.5) is 5.69 Å². The highest BCUT2D eigenvalue weighted by atomic mass is 16.5. The van der Waals surface area contributed by atoms with E-state index in [2.05, 4.69) is 15.6 Å². The van der Waals surface area contributed by atoms with E-state index >= 15 is 0 Å². The second-order valence-electron chi connectivity index (χ2n) is 7.87. The predicted octanol–water partition coefficient (Wildman–Crippen LogP) is 3.24. The second kappa shape index (κ2) is 6.95. The van der Waals surface area contributed by atoms with E-state index in [1.165, 1.54) is 0 Å². The zero-order valence-electron chi connectivity index (χ0n) is 15.7. The van der Waals surface area contributed by atoms with Gasteiger partial charge in [-0.05, 0) is 62.0 Å². The van der Waals surface area contributed by atoms with Crippen LogP contribution in [-0.2, 0) is 11.4 Å². The fourth-order valence-corrected chi connectivity index (χ4v) is 4.30. The van der Waals surface area contributed by atoms with Crippen molar-refractivity contribution in [3.05, 3.63) is 60.6 Å². The van der Waals surface area contributed by atoms with Crippen LogP contribution in [0.3, 0.4) is 0 Å². The lowest BCUT2D eigenvalue weighted by Gasteiger charge is -2.23. The average molecular weight is 376 g/mol. The molecule has 1 unspecified atom stereocenters. The summed E-state index contributed by atoms with van der Waals surface area (Å²) in [4.78, 5) is 17.2. The Hall–Kier alpha value is -2.86. The Morgan fingerprint density at radius 3 is 3.00 bits per heavy atom. The van der Waals surface area contributed by atoms with E-state index < -0.39 is 0 Å². The fourth-order valence-electron chi connectivity index (χ4n) is 4.30. The fraction of sp³-hybridized carbons (Fsp3) is 0.364. The average Bonchev–Trinajstić information content (AvgIpc) is 3.24. The van der Waals surface area contributed by atoms with Crippen molar-refractivity contribution in [2.45, 2.75) is 25.9 Å². The molecular formula is C22H24N4O2. The van der Waals surface area contributed by atoms with Crippen LogP contribution in [-0.4, -0.2) is 28.4 Å². The molecule has 2 aliphatic rings. The number of hydrogen-bond donors (Lipinski definition) is 2. The van der Waals surface area contributed by atoms with Crippen LogP contribution in [0.25, 0.3) is 5.65 Å². The van der Waals surface area contributed by atoms with Gasteiger partial charge in [-0.15, -0.1) is 0 Å². The normalized spacial score (nSPS) is 20.2. The molecular weight excluding hydrogens is 352 g/mol. The third kappa shape index (κ3) is 3.36. The van der Waals surface area contributed by atoms with Gasteiger partial charge >= 0.3 is 0 Å². The number of amides is 1. The Bertz CT molecular complexity index is 973. The molecule has 1 saturated carbocycles. The molecule has 1 aliphatic heterocycles. The van der Waals surface area contributed by atoms with Gasteiger partial charge in [-0.25, -0.2) is 4.98 Å². The highest BCUT2D eigenvalue weighted by molar-refractivity contribution is 5.95. The van der Waals surface area contributed by atoms with Crippen molar-refractivity contribution >= 4 is 17.2 Å². The number of aromatic nitrogens is 2. The summed E-state index contributed by atoms with van der Waals surface area (Å²) < 4.78 is 7.87. The number of pyridine rings is 1. The molecule has 2 aromatic heterocycles. The van der Waals surface area contributed by atoms with Crippen LogP contribution >= 0.6 is 0 Å². The van der Waals surface area contributed by atoms with Gasteiger partial charge in [0.05, 0.1) is 5.69 Å². The van der Waals surface area contributed by atoms with Crippen molar-refractivity contribution in [2.75, 3.05) is 18.4 Å². The molecule has 0 radical (unpaired) electrons. The predicted molar refractivity (Wildman–Crippen MR) is 107 cm³/mol. The summed E-state index contributed by atoms with van der Waals surface area (Å²) in [5.74, 6) is 1.01. The van der Waals surface area contributed by atoms with Gasteiger partial charge in [0.1, 0.15) is 18.0 Å². The van der Waals surface area contributed by atoms with Crippen LogP contribution in [0, 0.1) is 11.3 Å². The van der Waals surface area contributed by atoms with Crippen molar-refractivity contribution in [3.63, 3.8) is 0 Å². The first-order chi connectivity index (χ1) is 13.7. The summed E-state index contributed by atoms with van der Waals surface area (Å²) in [7, 11) is 0.